The second-order valence-electron chi connectivity index (χ2n) is 4.84. The van der Waals surface area contributed by atoms with Crippen LogP contribution in [0.3, 0.4) is 0 Å². The summed E-state index contributed by atoms with van der Waals surface area (Å²) in [4.78, 5) is 23.0. The van der Waals surface area contributed by atoms with E-state index < -0.39 is 11.9 Å². The quantitative estimate of drug-likeness (QED) is 0.887. The number of rotatable bonds is 3. The number of amides is 1. The first-order chi connectivity index (χ1) is 9.51. The van der Waals surface area contributed by atoms with E-state index in [-0.39, 0.29) is 11.8 Å². The van der Waals surface area contributed by atoms with E-state index in [1.54, 1.807) is 18.2 Å². The third-order valence-electron chi connectivity index (χ3n) is 3.51. The number of carboxylic acid groups (broad SMARTS) is 1. The number of nitrogens with zero attached hydrogens (tertiary/aromatic N) is 1. The van der Waals surface area contributed by atoms with Gasteiger partial charge in [-0.1, -0.05) is 0 Å². The van der Waals surface area contributed by atoms with Gasteiger partial charge in [-0.2, -0.15) is 5.26 Å². The Morgan fingerprint density at radius 1 is 1.35 bits per heavy atom. The maximum absolute atomic E-state index is 12.1. The van der Waals surface area contributed by atoms with Crippen LogP contribution >= 0.6 is 15.9 Å². The summed E-state index contributed by atoms with van der Waals surface area (Å²) < 4.78 is 0.637. The van der Waals surface area contributed by atoms with Crippen LogP contribution in [0.2, 0.25) is 0 Å². The number of nitriles is 1. The lowest BCUT2D eigenvalue weighted by Gasteiger charge is -2.12. The molecule has 5 nitrogen and oxygen atoms in total. The molecule has 20 heavy (non-hydrogen) atoms. The molecule has 0 spiro atoms. The van der Waals surface area contributed by atoms with Gasteiger partial charge in [-0.05, 0) is 53.4 Å². The normalized spacial score (nSPS) is 21.2. The monoisotopic (exact) mass is 336 g/mol. The Morgan fingerprint density at radius 2 is 2.05 bits per heavy atom. The molecule has 0 unspecified atom stereocenters. The largest absolute Gasteiger partial charge is 0.481 e. The molecule has 104 valence electrons. The van der Waals surface area contributed by atoms with Crippen molar-refractivity contribution < 1.29 is 14.7 Å². The van der Waals surface area contributed by atoms with Crippen LogP contribution in [-0.4, -0.2) is 17.0 Å². The van der Waals surface area contributed by atoms with Crippen molar-refractivity contribution in [3.8, 4) is 6.07 Å². The summed E-state index contributed by atoms with van der Waals surface area (Å²) in [6, 6.07) is 6.92. The number of carbonyl (C=O) groups excluding carboxylic acids is 1. The SMILES string of the molecule is N#Cc1ccc(NC(=O)[C@@H]2CC[C@H](C(=O)O)C2)c(Br)c1. The van der Waals surface area contributed by atoms with Crippen LogP contribution in [-0.2, 0) is 9.59 Å². The molecule has 0 aliphatic heterocycles. The second-order valence-corrected chi connectivity index (χ2v) is 5.70. The summed E-state index contributed by atoms with van der Waals surface area (Å²) in [5.41, 5.74) is 1.09. The minimum absolute atomic E-state index is 0.167. The topological polar surface area (TPSA) is 90.2 Å². The smallest absolute Gasteiger partial charge is 0.306 e. The number of halogens is 1. The highest BCUT2D eigenvalue weighted by molar-refractivity contribution is 9.10. The van der Waals surface area contributed by atoms with Crippen molar-refractivity contribution in [1.29, 1.82) is 5.26 Å². The lowest BCUT2D eigenvalue weighted by Crippen LogP contribution is -2.21. The van der Waals surface area contributed by atoms with Crippen LogP contribution in [0, 0.1) is 23.2 Å². The van der Waals surface area contributed by atoms with Crippen LogP contribution in [0.4, 0.5) is 5.69 Å². The molecule has 0 radical (unpaired) electrons. The summed E-state index contributed by atoms with van der Waals surface area (Å²) in [5, 5.41) is 20.5. The van der Waals surface area contributed by atoms with Crippen LogP contribution < -0.4 is 5.32 Å². The molecule has 0 aromatic heterocycles. The Bertz CT molecular complexity index is 595. The number of hydrogen-bond acceptors (Lipinski definition) is 3. The zero-order chi connectivity index (χ0) is 14.7. The van der Waals surface area contributed by atoms with Crippen LogP contribution in [0.25, 0.3) is 0 Å². The average Bonchev–Trinajstić information content (AvgIpc) is 2.91. The van der Waals surface area contributed by atoms with Gasteiger partial charge in [0.25, 0.3) is 0 Å². The summed E-state index contributed by atoms with van der Waals surface area (Å²) in [7, 11) is 0. The summed E-state index contributed by atoms with van der Waals surface area (Å²) in [5.74, 6) is -1.69. The number of hydrogen-bond donors (Lipinski definition) is 2. The Hall–Kier alpha value is -1.87. The minimum Gasteiger partial charge on any atom is -0.481 e. The van der Waals surface area contributed by atoms with Crippen molar-refractivity contribution in [2.24, 2.45) is 11.8 Å². The average molecular weight is 337 g/mol. The Morgan fingerprint density at radius 3 is 2.60 bits per heavy atom. The zero-order valence-corrected chi connectivity index (χ0v) is 12.2. The maximum Gasteiger partial charge on any atom is 0.306 e. The van der Waals surface area contributed by atoms with Gasteiger partial charge in [0.05, 0.1) is 23.2 Å². The van der Waals surface area contributed by atoms with E-state index in [4.69, 9.17) is 10.4 Å². The van der Waals surface area contributed by atoms with Gasteiger partial charge >= 0.3 is 5.97 Å². The fourth-order valence-corrected chi connectivity index (χ4v) is 2.84. The molecule has 0 heterocycles. The minimum atomic E-state index is -0.833. The molecule has 2 atom stereocenters. The Balaban J connectivity index is 2.02. The number of anilines is 1. The van der Waals surface area contributed by atoms with Crippen LogP contribution in [0.15, 0.2) is 22.7 Å². The molecule has 0 saturated heterocycles. The fourth-order valence-electron chi connectivity index (χ4n) is 2.36. The first-order valence-electron chi connectivity index (χ1n) is 6.24. The van der Waals surface area contributed by atoms with E-state index in [1.807, 2.05) is 6.07 Å². The van der Waals surface area contributed by atoms with Crippen molar-refractivity contribution in [3.05, 3.63) is 28.2 Å². The number of benzene rings is 1. The molecule has 1 amide bonds. The highest BCUT2D eigenvalue weighted by Gasteiger charge is 2.33. The third kappa shape index (κ3) is 3.17. The first kappa shape index (κ1) is 14.5. The highest BCUT2D eigenvalue weighted by atomic mass is 79.9. The molecule has 2 N–H and O–H groups in total. The van der Waals surface area contributed by atoms with E-state index in [0.717, 1.165) is 0 Å². The fraction of sp³-hybridized carbons (Fsp3) is 0.357. The van der Waals surface area contributed by atoms with Gasteiger partial charge in [0.2, 0.25) is 5.91 Å². The Kier molecular flexibility index (Phi) is 4.40. The van der Waals surface area contributed by atoms with Gasteiger partial charge in [0.15, 0.2) is 0 Å². The zero-order valence-electron chi connectivity index (χ0n) is 10.6. The van der Waals surface area contributed by atoms with Gasteiger partial charge in [-0.25, -0.2) is 0 Å². The van der Waals surface area contributed by atoms with Gasteiger partial charge in [0, 0.05) is 10.4 Å². The van der Waals surface area contributed by atoms with Crippen molar-refractivity contribution in [2.75, 3.05) is 5.32 Å². The molecule has 1 aromatic rings. The van der Waals surface area contributed by atoms with Crippen LogP contribution in [0.5, 0.6) is 0 Å². The molecule has 1 aliphatic rings. The second kappa shape index (κ2) is 6.06. The van der Waals surface area contributed by atoms with Crippen molar-refractivity contribution in [1.82, 2.24) is 0 Å². The molecule has 0 bridgehead atoms. The summed E-state index contributed by atoms with van der Waals surface area (Å²) in [6.07, 6.45) is 1.52. The maximum atomic E-state index is 12.1. The molecule has 2 rings (SSSR count). The summed E-state index contributed by atoms with van der Waals surface area (Å²) in [6.45, 7) is 0. The van der Waals surface area contributed by atoms with Crippen molar-refractivity contribution in [3.63, 3.8) is 0 Å². The van der Waals surface area contributed by atoms with Gasteiger partial charge in [0.1, 0.15) is 0 Å². The van der Waals surface area contributed by atoms with Crippen molar-refractivity contribution >= 4 is 33.5 Å². The first-order valence-corrected chi connectivity index (χ1v) is 7.04. The van der Waals surface area contributed by atoms with E-state index in [2.05, 4.69) is 21.2 Å². The number of aliphatic carboxylic acids is 1. The predicted octanol–water partition coefficient (Wildman–Crippen LogP) is 2.76. The molecule has 6 heteroatoms. The molecular formula is C14H13BrN2O3. The molecule has 1 aliphatic carbocycles. The van der Waals surface area contributed by atoms with E-state index in [0.29, 0.717) is 35.0 Å². The van der Waals surface area contributed by atoms with E-state index in [1.165, 1.54) is 0 Å². The molecular weight excluding hydrogens is 324 g/mol. The Labute approximate surface area is 124 Å². The molecule has 1 saturated carbocycles. The molecule has 1 fully saturated rings. The number of carboxylic acids is 1. The highest BCUT2D eigenvalue weighted by Crippen LogP contribution is 2.32. The third-order valence-corrected chi connectivity index (χ3v) is 4.16. The van der Waals surface area contributed by atoms with Crippen LogP contribution in [0.1, 0.15) is 24.8 Å². The van der Waals surface area contributed by atoms with Crippen molar-refractivity contribution in [2.45, 2.75) is 19.3 Å². The lowest BCUT2D eigenvalue weighted by atomic mass is 10.0. The van der Waals surface area contributed by atoms with E-state index in [9.17, 15) is 9.59 Å². The predicted molar refractivity (Wildman–Crippen MR) is 76.0 cm³/mol. The number of nitrogens with one attached hydrogen (secondary N) is 1. The molecule has 1 aromatic carbocycles. The number of carbonyl (C=O) groups is 2. The lowest BCUT2D eigenvalue weighted by molar-refractivity contribution is -0.141. The standard InChI is InChI=1S/C14H13BrN2O3/c15-11-5-8(7-16)1-4-12(11)17-13(18)9-2-3-10(6-9)14(19)20/h1,4-5,9-10H,2-3,6H2,(H,17,18)(H,19,20)/t9-,10+/m1/s1. The summed E-state index contributed by atoms with van der Waals surface area (Å²) >= 11 is 3.30. The van der Waals surface area contributed by atoms with Gasteiger partial charge in [-0.15, -0.1) is 0 Å². The van der Waals surface area contributed by atoms with Gasteiger partial charge in [-0.3, -0.25) is 9.59 Å². The van der Waals surface area contributed by atoms with E-state index >= 15 is 0 Å². The van der Waals surface area contributed by atoms with Gasteiger partial charge < -0.3 is 10.4 Å².